The molecule has 1 unspecified atom stereocenters. The van der Waals surface area contributed by atoms with Gasteiger partial charge in [0.25, 0.3) is 0 Å². The quantitative estimate of drug-likeness (QED) is 0.419. The Labute approximate surface area is 199 Å². The van der Waals surface area contributed by atoms with Gasteiger partial charge in [-0.15, -0.1) is 10.2 Å². The van der Waals surface area contributed by atoms with Crippen molar-refractivity contribution in [2.45, 2.75) is 52.3 Å². The number of nitrogens with zero attached hydrogens (tertiary/aromatic N) is 6. The van der Waals surface area contributed by atoms with Gasteiger partial charge in [0.2, 0.25) is 0 Å². The van der Waals surface area contributed by atoms with Gasteiger partial charge in [0.15, 0.2) is 0 Å². The van der Waals surface area contributed by atoms with Crippen LogP contribution in [0, 0.1) is 25.7 Å². The molecule has 3 heterocycles. The predicted molar refractivity (Wildman–Crippen MR) is 131 cm³/mol. The normalized spacial score (nSPS) is 15.6. The van der Waals surface area contributed by atoms with Gasteiger partial charge in [0.05, 0.1) is 25.0 Å². The molecular formula is C27H28N6O. The average Bonchev–Trinajstić information content (AvgIpc) is 3.50. The van der Waals surface area contributed by atoms with Crippen molar-refractivity contribution >= 4 is 0 Å². The second kappa shape index (κ2) is 10.0. The lowest BCUT2D eigenvalue weighted by Crippen LogP contribution is -2.24. The lowest BCUT2D eigenvalue weighted by atomic mass is 10.0. The van der Waals surface area contributed by atoms with Crippen molar-refractivity contribution in [2.75, 3.05) is 6.61 Å². The van der Waals surface area contributed by atoms with Gasteiger partial charge in [-0.1, -0.05) is 52.1 Å². The van der Waals surface area contributed by atoms with Gasteiger partial charge in [0, 0.05) is 23.3 Å². The molecule has 2 aromatic heterocycles. The van der Waals surface area contributed by atoms with E-state index in [1.807, 2.05) is 35.3 Å². The maximum atomic E-state index is 5.82. The van der Waals surface area contributed by atoms with Crippen molar-refractivity contribution < 1.29 is 4.74 Å². The Bertz CT molecular complexity index is 1340. The van der Waals surface area contributed by atoms with E-state index in [1.165, 1.54) is 12.0 Å². The van der Waals surface area contributed by atoms with E-state index in [2.05, 4.69) is 70.6 Å². The number of aryl methyl sites for hydroxylation is 2. The van der Waals surface area contributed by atoms with Crippen LogP contribution in [0.1, 0.15) is 36.0 Å². The van der Waals surface area contributed by atoms with Crippen molar-refractivity contribution in [1.29, 1.82) is 0 Å². The van der Waals surface area contributed by atoms with Crippen LogP contribution >= 0.6 is 0 Å². The molecule has 2 aromatic carbocycles. The highest BCUT2D eigenvalue weighted by Crippen LogP contribution is 2.23. The minimum Gasteiger partial charge on any atom is -0.376 e. The summed E-state index contributed by atoms with van der Waals surface area (Å²) in [6, 6.07) is 14.4. The van der Waals surface area contributed by atoms with Gasteiger partial charge in [-0.2, -0.15) is 0 Å². The molecule has 7 heteroatoms. The highest BCUT2D eigenvalue weighted by Gasteiger charge is 2.16. The third-order valence-corrected chi connectivity index (χ3v) is 6.03. The fourth-order valence-electron chi connectivity index (χ4n) is 4.23. The Morgan fingerprint density at radius 1 is 0.971 bits per heavy atom. The van der Waals surface area contributed by atoms with Crippen LogP contribution in [0.15, 0.2) is 54.9 Å². The Kier molecular flexibility index (Phi) is 6.50. The standard InChI is InChI=1S/C27H28N6O/c1-20-7-5-9-23(15-20)26-18-32(30-28-26)13-6-8-22-11-12-25(21(2)16-22)27-19-33(31-29-27)17-24-10-3-4-14-34-24/h5,7,9,11-12,15-16,18-19,24H,3-4,10,13-14,17H2,1-2H3. The van der Waals surface area contributed by atoms with Crippen LogP contribution in [0.25, 0.3) is 22.5 Å². The maximum Gasteiger partial charge on any atom is 0.113 e. The van der Waals surface area contributed by atoms with Gasteiger partial charge >= 0.3 is 0 Å². The molecule has 0 radical (unpaired) electrons. The molecule has 1 saturated heterocycles. The van der Waals surface area contributed by atoms with Gasteiger partial charge in [-0.25, -0.2) is 9.36 Å². The fraction of sp³-hybridized carbons (Fsp3) is 0.333. The first-order valence-electron chi connectivity index (χ1n) is 11.7. The SMILES string of the molecule is Cc1cccc(-c2cn(CC#Cc3ccc(-c4cn(CC5CCCCO5)nn4)c(C)c3)nn2)c1. The van der Waals surface area contributed by atoms with E-state index in [0.29, 0.717) is 6.54 Å². The van der Waals surface area contributed by atoms with Crippen LogP contribution in [0.5, 0.6) is 0 Å². The van der Waals surface area contributed by atoms with Crippen molar-refractivity contribution in [2.24, 2.45) is 0 Å². The Morgan fingerprint density at radius 2 is 1.82 bits per heavy atom. The monoisotopic (exact) mass is 452 g/mol. The van der Waals surface area contributed by atoms with Crippen molar-refractivity contribution in [3.05, 3.63) is 71.5 Å². The lowest BCUT2D eigenvalue weighted by Gasteiger charge is -2.21. The molecule has 34 heavy (non-hydrogen) atoms. The molecule has 0 saturated carbocycles. The lowest BCUT2D eigenvalue weighted by molar-refractivity contribution is 0.00370. The highest BCUT2D eigenvalue weighted by atomic mass is 16.5. The highest BCUT2D eigenvalue weighted by molar-refractivity contribution is 5.64. The number of hydrogen-bond donors (Lipinski definition) is 0. The molecule has 0 spiro atoms. The molecule has 172 valence electrons. The van der Waals surface area contributed by atoms with Crippen LogP contribution in [-0.4, -0.2) is 42.7 Å². The third kappa shape index (κ3) is 5.24. The van der Waals surface area contributed by atoms with Crippen LogP contribution in [0.2, 0.25) is 0 Å². The molecule has 5 rings (SSSR count). The van der Waals surface area contributed by atoms with E-state index in [-0.39, 0.29) is 6.10 Å². The van der Waals surface area contributed by atoms with Crippen LogP contribution in [-0.2, 0) is 17.8 Å². The molecule has 7 nitrogen and oxygen atoms in total. The number of rotatable bonds is 5. The summed E-state index contributed by atoms with van der Waals surface area (Å²) in [7, 11) is 0. The van der Waals surface area contributed by atoms with Crippen molar-refractivity contribution in [3.8, 4) is 34.4 Å². The van der Waals surface area contributed by atoms with Gasteiger partial charge in [-0.05, 0) is 56.9 Å². The Hall–Kier alpha value is -3.76. The summed E-state index contributed by atoms with van der Waals surface area (Å²) in [5.41, 5.74) is 7.15. The van der Waals surface area contributed by atoms with Gasteiger partial charge in [0.1, 0.15) is 17.9 Å². The summed E-state index contributed by atoms with van der Waals surface area (Å²) in [5, 5.41) is 17.2. The number of aromatic nitrogens is 6. The van der Waals surface area contributed by atoms with Crippen LogP contribution in [0.4, 0.5) is 0 Å². The van der Waals surface area contributed by atoms with Gasteiger partial charge in [-0.3, -0.25) is 0 Å². The zero-order valence-electron chi connectivity index (χ0n) is 19.6. The minimum atomic E-state index is 0.236. The molecule has 0 aliphatic carbocycles. The maximum absolute atomic E-state index is 5.82. The van der Waals surface area contributed by atoms with Gasteiger partial charge < -0.3 is 4.74 Å². The van der Waals surface area contributed by atoms with Crippen molar-refractivity contribution in [1.82, 2.24) is 30.0 Å². The molecule has 1 aliphatic heterocycles. The molecule has 1 fully saturated rings. The van der Waals surface area contributed by atoms with Crippen LogP contribution in [0.3, 0.4) is 0 Å². The first kappa shape index (κ1) is 22.1. The van der Waals surface area contributed by atoms with Crippen LogP contribution < -0.4 is 0 Å². The second-order valence-electron chi connectivity index (χ2n) is 8.82. The summed E-state index contributed by atoms with van der Waals surface area (Å²) in [6.07, 6.45) is 7.63. The number of hydrogen-bond acceptors (Lipinski definition) is 5. The van der Waals surface area contributed by atoms with E-state index in [0.717, 1.165) is 59.6 Å². The Balaban J connectivity index is 1.23. The Morgan fingerprint density at radius 3 is 2.65 bits per heavy atom. The zero-order chi connectivity index (χ0) is 23.3. The largest absolute Gasteiger partial charge is 0.376 e. The first-order valence-corrected chi connectivity index (χ1v) is 11.7. The molecule has 0 bridgehead atoms. The third-order valence-electron chi connectivity index (χ3n) is 6.03. The average molecular weight is 453 g/mol. The second-order valence-corrected chi connectivity index (χ2v) is 8.82. The summed E-state index contributed by atoms with van der Waals surface area (Å²) >= 11 is 0. The molecule has 0 N–H and O–H groups in total. The van der Waals surface area contributed by atoms with E-state index in [1.54, 1.807) is 4.68 Å². The van der Waals surface area contributed by atoms with E-state index < -0.39 is 0 Å². The molecule has 1 aliphatic rings. The molecule has 4 aromatic rings. The van der Waals surface area contributed by atoms with Crippen molar-refractivity contribution in [3.63, 3.8) is 0 Å². The topological polar surface area (TPSA) is 70.7 Å². The van der Waals surface area contributed by atoms with E-state index >= 15 is 0 Å². The zero-order valence-corrected chi connectivity index (χ0v) is 19.6. The minimum absolute atomic E-state index is 0.236. The number of benzene rings is 2. The summed E-state index contributed by atoms with van der Waals surface area (Å²) in [4.78, 5) is 0. The molecule has 1 atom stereocenters. The van der Waals surface area contributed by atoms with E-state index in [9.17, 15) is 0 Å². The summed E-state index contributed by atoms with van der Waals surface area (Å²) in [6.45, 7) is 6.23. The first-order chi connectivity index (χ1) is 16.6. The smallest absolute Gasteiger partial charge is 0.113 e. The fourth-order valence-corrected chi connectivity index (χ4v) is 4.23. The molecule has 0 amide bonds. The summed E-state index contributed by atoms with van der Waals surface area (Å²) < 4.78 is 9.47. The summed E-state index contributed by atoms with van der Waals surface area (Å²) in [5.74, 6) is 6.43. The molecular weight excluding hydrogens is 424 g/mol. The number of ether oxygens (including phenoxy) is 1. The predicted octanol–water partition coefficient (Wildman–Crippen LogP) is 4.44. The van der Waals surface area contributed by atoms with E-state index in [4.69, 9.17) is 4.74 Å².